The van der Waals surface area contributed by atoms with Gasteiger partial charge in [0.1, 0.15) is 23.8 Å². The first-order valence-electron chi connectivity index (χ1n) is 12.8. The Labute approximate surface area is 222 Å². The number of carbonyl (C=O) groups is 1. The Hall–Kier alpha value is -3.76. The zero-order chi connectivity index (χ0) is 28.1. The number of amides is 1. The van der Waals surface area contributed by atoms with Gasteiger partial charge in [0.15, 0.2) is 0 Å². The van der Waals surface area contributed by atoms with Gasteiger partial charge in [-0.25, -0.2) is 18.7 Å². The van der Waals surface area contributed by atoms with Gasteiger partial charge in [-0.3, -0.25) is 4.79 Å². The van der Waals surface area contributed by atoms with Crippen molar-refractivity contribution in [2.75, 3.05) is 16.0 Å². The van der Waals surface area contributed by atoms with Crippen LogP contribution >= 0.6 is 0 Å². The summed E-state index contributed by atoms with van der Waals surface area (Å²) in [7, 11) is 0. The summed E-state index contributed by atoms with van der Waals surface area (Å²) in [4.78, 5) is 24.3. The average molecular weight is 546 g/mol. The normalized spacial score (nSPS) is 22.1. The molecule has 39 heavy (non-hydrogen) atoms. The van der Waals surface area contributed by atoms with Gasteiger partial charge in [-0.2, -0.15) is 13.2 Å². The number of nitrogen functional groups attached to an aromatic ring is 1. The van der Waals surface area contributed by atoms with E-state index in [0.717, 1.165) is 18.9 Å². The van der Waals surface area contributed by atoms with Crippen LogP contribution in [0.5, 0.6) is 0 Å². The van der Waals surface area contributed by atoms with Crippen LogP contribution in [0, 0.1) is 17.6 Å². The van der Waals surface area contributed by atoms with Crippen LogP contribution < -0.4 is 16.0 Å². The van der Waals surface area contributed by atoms with E-state index in [9.17, 15) is 22.4 Å². The molecule has 0 radical (unpaired) electrons. The second-order valence-electron chi connectivity index (χ2n) is 10.5. The number of nitrogens with two attached hydrogens (primary N) is 1. The third-order valence-electron chi connectivity index (χ3n) is 7.76. The van der Waals surface area contributed by atoms with E-state index < -0.39 is 34.8 Å². The molecule has 6 nitrogen and oxygen atoms in total. The lowest BCUT2D eigenvalue weighted by molar-refractivity contribution is -0.140. The molecule has 3 N–H and O–H groups in total. The largest absolute Gasteiger partial charge is 0.419 e. The smallest absolute Gasteiger partial charge is 0.399 e. The molecule has 1 saturated carbocycles. The highest BCUT2D eigenvalue weighted by atomic mass is 19.4. The number of nitrogens with zero attached hydrogens (tertiary/aromatic N) is 3. The van der Waals surface area contributed by atoms with Crippen LogP contribution in [0.3, 0.4) is 0 Å². The van der Waals surface area contributed by atoms with Gasteiger partial charge < -0.3 is 16.0 Å². The third-order valence-corrected chi connectivity index (χ3v) is 7.76. The average Bonchev–Trinajstić information content (AvgIpc) is 2.87. The molecular weight excluding hydrogens is 517 g/mol. The van der Waals surface area contributed by atoms with Crippen LogP contribution in [0.15, 0.2) is 42.7 Å². The van der Waals surface area contributed by atoms with Gasteiger partial charge in [0.05, 0.1) is 34.9 Å². The molecule has 3 atom stereocenters. The molecule has 1 aliphatic heterocycles. The molecule has 11 heteroatoms. The van der Waals surface area contributed by atoms with Gasteiger partial charge in [0, 0.05) is 16.8 Å². The number of fused-ring (bicyclic) bond motifs is 2. The van der Waals surface area contributed by atoms with Gasteiger partial charge in [0.25, 0.3) is 0 Å². The van der Waals surface area contributed by atoms with Gasteiger partial charge in [-0.1, -0.05) is 31.9 Å². The van der Waals surface area contributed by atoms with E-state index in [-0.39, 0.29) is 41.1 Å². The van der Waals surface area contributed by atoms with E-state index >= 15 is 4.39 Å². The first kappa shape index (κ1) is 26.8. The van der Waals surface area contributed by atoms with Gasteiger partial charge in [-0.05, 0) is 49.9 Å². The van der Waals surface area contributed by atoms with E-state index in [1.807, 2.05) is 0 Å². The SMILES string of the molecule is CC1CCCC2(C1)C(=O)N(c1ccccc1F)Cc1c(N[C@H](C)c3cc(N)cc(C(F)(F)F)c3F)ncnc12. The highest BCUT2D eigenvalue weighted by Gasteiger charge is 2.52. The number of anilines is 3. The maximum absolute atomic E-state index is 15.0. The Morgan fingerprint density at radius 1 is 1.18 bits per heavy atom. The second kappa shape index (κ2) is 9.77. The van der Waals surface area contributed by atoms with Crippen LogP contribution in [0.4, 0.5) is 39.1 Å². The number of rotatable bonds is 4. The van der Waals surface area contributed by atoms with Crippen molar-refractivity contribution in [2.45, 2.75) is 63.7 Å². The van der Waals surface area contributed by atoms with E-state index in [2.05, 4.69) is 22.2 Å². The Bertz CT molecular complexity index is 1430. The summed E-state index contributed by atoms with van der Waals surface area (Å²) in [5.74, 6) is -1.80. The van der Waals surface area contributed by atoms with Crippen LogP contribution in [-0.4, -0.2) is 15.9 Å². The molecule has 2 aromatic carbocycles. The van der Waals surface area contributed by atoms with Gasteiger partial charge in [0.2, 0.25) is 5.91 Å². The predicted molar refractivity (Wildman–Crippen MR) is 137 cm³/mol. The molecule has 206 valence electrons. The van der Waals surface area contributed by atoms with Crippen LogP contribution in [0.2, 0.25) is 0 Å². The first-order valence-corrected chi connectivity index (χ1v) is 12.8. The van der Waals surface area contributed by atoms with E-state index in [0.29, 0.717) is 30.2 Å². The maximum atomic E-state index is 15.0. The minimum atomic E-state index is -4.92. The Morgan fingerprint density at radius 2 is 1.92 bits per heavy atom. The fourth-order valence-corrected chi connectivity index (χ4v) is 5.99. The summed E-state index contributed by atoms with van der Waals surface area (Å²) in [6.45, 7) is 3.49. The van der Waals surface area contributed by atoms with Crippen molar-refractivity contribution in [3.05, 3.63) is 76.7 Å². The minimum absolute atomic E-state index is 0.0612. The van der Waals surface area contributed by atoms with Crippen molar-refractivity contribution in [2.24, 2.45) is 5.92 Å². The quantitative estimate of drug-likeness (QED) is 0.288. The molecule has 1 aromatic heterocycles. The molecule has 0 bridgehead atoms. The molecule has 2 heterocycles. The number of aromatic nitrogens is 2. The molecule has 3 aromatic rings. The van der Waals surface area contributed by atoms with Gasteiger partial charge in [-0.15, -0.1) is 0 Å². The lowest BCUT2D eigenvalue weighted by atomic mass is 9.64. The number of carbonyl (C=O) groups excluding carboxylic acids is 1. The van der Waals surface area contributed by atoms with E-state index in [4.69, 9.17) is 5.73 Å². The topological polar surface area (TPSA) is 84.1 Å². The number of benzene rings is 2. The molecule has 0 saturated heterocycles. The molecule has 1 amide bonds. The number of alkyl halides is 3. The minimum Gasteiger partial charge on any atom is -0.399 e. The van der Waals surface area contributed by atoms with E-state index in [1.54, 1.807) is 6.07 Å². The standard InChI is InChI=1S/C28H28F5N5O/c1-15-6-5-9-27(12-15)24-19(13-38(26(27)39)22-8-4-3-7-21(22)29)25(36-14-35-24)37-16(2)18-10-17(34)11-20(23(18)30)28(31,32)33/h3-4,7-8,10-11,14-16H,5-6,9,12-13,34H2,1-2H3,(H,35,36,37)/t15?,16-,27?/m1/s1. The number of para-hydroxylation sites is 1. The zero-order valence-corrected chi connectivity index (χ0v) is 21.4. The summed E-state index contributed by atoms with van der Waals surface area (Å²) >= 11 is 0. The lowest BCUT2D eigenvalue weighted by Gasteiger charge is -2.46. The number of halogens is 5. The van der Waals surface area contributed by atoms with Crippen molar-refractivity contribution in [1.29, 1.82) is 0 Å². The van der Waals surface area contributed by atoms with Gasteiger partial charge >= 0.3 is 6.18 Å². The van der Waals surface area contributed by atoms with Crippen molar-refractivity contribution >= 4 is 23.1 Å². The van der Waals surface area contributed by atoms with Crippen molar-refractivity contribution in [3.8, 4) is 0 Å². The number of hydrogen-bond acceptors (Lipinski definition) is 5. The molecule has 1 spiro atoms. The fourth-order valence-electron chi connectivity index (χ4n) is 5.99. The molecule has 1 fully saturated rings. The fraction of sp³-hybridized carbons (Fsp3) is 0.393. The molecule has 1 aliphatic carbocycles. The van der Waals surface area contributed by atoms with E-state index in [1.165, 1.54) is 36.4 Å². The number of nitrogens with one attached hydrogen (secondary N) is 1. The Kier molecular flexibility index (Phi) is 6.72. The Morgan fingerprint density at radius 3 is 2.62 bits per heavy atom. The molecule has 2 unspecified atom stereocenters. The summed E-state index contributed by atoms with van der Waals surface area (Å²) in [5.41, 5.74) is 3.85. The lowest BCUT2D eigenvalue weighted by Crippen LogP contribution is -2.54. The predicted octanol–water partition coefficient (Wildman–Crippen LogP) is 6.52. The zero-order valence-electron chi connectivity index (χ0n) is 21.4. The van der Waals surface area contributed by atoms with Crippen LogP contribution in [0.1, 0.15) is 68.0 Å². The third kappa shape index (κ3) is 4.68. The summed E-state index contributed by atoms with van der Waals surface area (Å²) < 4.78 is 70.2. The second-order valence-corrected chi connectivity index (χ2v) is 10.5. The summed E-state index contributed by atoms with van der Waals surface area (Å²) in [6.07, 6.45) is -0.902. The number of hydrogen-bond donors (Lipinski definition) is 2. The summed E-state index contributed by atoms with van der Waals surface area (Å²) in [5, 5.41) is 3.02. The van der Waals surface area contributed by atoms with Crippen LogP contribution in [0.25, 0.3) is 0 Å². The highest BCUT2D eigenvalue weighted by molar-refractivity contribution is 6.03. The monoisotopic (exact) mass is 545 g/mol. The van der Waals surface area contributed by atoms with Crippen LogP contribution in [-0.2, 0) is 22.9 Å². The molecule has 2 aliphatic rings. The van der Waals surface area contributed by atoms with Crippen molar-refractivity contribution in [3.63, 3.8) is 0 Å². The van der Waals surface area contributed by atoms with Crippen molar-refractivity contribution in [1.82, 2.24) is 9.97 Å². The molecular formula is C28H28F5N5O. The Balaban J connectivity index is 1.61. The summed E-state index contributed by atoms with van der Waals surface area (Å²) in [6, 6.07) is 6.71. The maximum Gasteiger partial charge on any atom is 0.419 e. The highest BCUT2D eigenvalue weighted by Crippen LogP contribution is 2.49. The first-order chi connectivity index (χ1) is 18.4. The van der Waals surface area contributed by atoms with Crippen molar-refractivity contribution < 1.29 is 26.7 Å². The molecule has 5 rings (SSSR count).